The Bertz CT molecular complexity index is 1330. The predicted molar refractivity (Wildman–Crippen MR) is 120 cm³/mol. The van der Waals surface area contributed by atoms with Crippen LogP contribution in [0.5, 0.6) is 0 Å². The fourth-order valence-electron chi connectivity index (χ4n) is 4.82. The average Bonchev–Trinajstić information content (AvgIpc) is 3.27. The smallest absolute Gasteiger partial charge is 0.286 e. The number of pyridine rings is 2. The van der Waals surface area contributed by atoms with E-state index in [9.17, 15) is 4.79 Å². The summed E-state index contributed by atoms with van der Waals surface area (Å²) in [6.07, 6.45) is 6.83. The van der Waals surface area contributed by atoms with E-state index in [1.54, 1.807) is 6.07 Å². The summed E-state index contributed by atoms with van der Waals surface area (Å²) in [5, 5.41) is 10.8. The molecule has 2 N–H and O–H groups in total. The molecule has 0 spiro atoms. The topological polar surface area (TPSA) is 79.0 Å². The second kappa shape index (κ2) is 8.01. The predicted octanol–water partition coefficient (Wildman–Crippen LogP) is 3.33. The quantitative estimate of drug-likeness (QED) is 0.558. The zero-order chi connectivity index (χ0) is 21.4. The minimum Gasteiger partial charge on any atom is -0.346 e. The van der Waals surface area contributed by atoms with Crippen LogP contribution < -0.4 is 10.4 Å². The molecule has 0 amide bonds. The lowest BCUT2D eigenvalue weighted by Crippen LogP contribution is -2.41. The molecule has 0 aliphatic carbocycles. The van der Waals surface area contributed by atoms with Gasteiger partial charge < -0.3 is 4.57 Å². The zero-order valence-electron chi connectivity index (χ0n) is 17.6. The van der Waals surface area contributed by atoms with Crippen molar-refractivity contribution in [2.75, 3.05) is 13.1 Å². The summed E-state index contributed by atoms with van der Waals surface area (Å²) in [4.78, 5) is 21.4. The molecule has 31 heavy (non-hydrogen) atoms. The number of likely N-dealkylation sites (tertiary alicyclic amines) is 1. The molecule has 2 unspecified atom stereocenters. The molecule has 0 bridgehead atoms. The maximum Gasteiger partial charge on any atom is 0.286 e. The van der Waals surface area contributed by atoms with Crippen molar-refractivity contribution >= 4 is 21.9 Å². The molecule has 4 aromatic rings. The van der Waals surface area contributed by atoms with Crippen molar-refractivity contribution in [2.45, 2.75) is 26.4 Å². The second-order valence-corrected chi connectivity index (χ2v) is 8.72. The number of nitrogens with zero attached hydrogens (tertiary/aromatic N) is 3. The van der Waals surface area contributed by atoms with Crippen LogP contribution in [0.3, 0.4) is 0 Å². The van der Waals surface area contributed by atoms with Crippen molar-refractivity contribution in [2.24, 2.45) is 11.8 Å². The van der Waals surface area contributed by atoms with Crippen LogP contribution in [-0.4, -0.2) is 27.5 Å². The van der Waals surface area contributed by atoms with Gasteiger partial charge in [-0.05, 0) is 48.6 Å². The number of fused-ring (bicyclic) bond motifs is 3. The molecule has 0 saturated carbocycles. The molecule has 1 aliphatic heterocycles. The van der Waals surface area contributed by atoms with Crippen LogP contribution in [0, 0.1) is 23.2 Å². The van der Waals surface area contributed by atoms with Gasteiger partial charge in [0, 0.05) is 31.9 Å². The molecular formula is C25H26N5O+. The number of piperidine rings is 1. The van der Waals surface area contributed by atoms with Crippen molar-refractivity contribution < 1.29 is 4.98 Å². The van der Waals surface area contributed by atoms with Crippen molar-refractivity contribution in [3.63, 3.8) is 0 Å². The Balaban J connectivity index is 1.41. The number of H-pyrrole nitrogens is 2. The lowest BCUT2D eigenvalue weighted by Gasteiger charge is -2.37. The monoisotopic (exact) mass is 412 g/mol. The molecule has 6 heteroatoms. The zero-order valence-corrected chi connectivity index (χ0v) is 17.6. The van der Waals surface area contributed by atoms with Gasteiger partial charge in [-0.1, -0.05) is 19.1 Å². The molecule has 4 heterocycles. The van der Waals surface area contributed by atoms with Gasteiger partial charge in [0.1, 0.15) is 6.20 Å². The van der Waals surface area contributed by atoms with Crippen LogP contribution in [-0.2, 0) is 13.1 Å². The van der Waals surface area contributed by atoms with Gasteiger partial charge in [0.2, 0.25) is 0 Å². The standard InChI is InChI=1S/C25H25N5O/c1-17-7-10-29(14-19-4-2-18(12-26)3-5-19)15-20(17)16-30-11-8-23(31)22-13-28-25-21(24(22)30)6-9-27-25/h2-6,8-9,11,13,17,20H,7,10,14-16H2,1H3,(H,27,28)/p+1. The molecule has 3 aromatic heterocycles. The third kappa shape index (κ3) is 3.73. The van der Waals surface area contributed by atoms with Crippen LogP contribution in [0.1, 0.15) is 24.5 Å². The Kier molecular flexibility index (Phi) is 5.05. The SMILES string of the molecule is CC1CCN(Cc2ccc(C#N)cc2)CC1Cn1ccc(=O)c2c[nH+]c3[nH]ccc3c21. The van der Waals surface area contributed by atoms with E-state index >= 15 is 0 Å². The number of aromatic nitrogens is 3. The Labute approximate surface area is 180 Å². The lowest BCUT2D eigenvalue weighted by atomic mass is 9.86. The van der Waals surface area contributed by atoms with Gasteiger partial charge in [0.25, 0.3) is 5.65 Å². The highest BCUT2D eigenvalue weighted by Gasteiger charge is 2.27. The number of nitrogens with one attached hydrogen (secondary N) is 2. The minimum atomic E-state index is 0.0461. The number of aromatic amines is 2. The highest BCUT2D eigenvalue weighted by molar-refractivity contribution is 6.00. The molecule has 1 aliphatic rings. The third-order valence-electron chi connectivity index (χ3n) is 6.70. The summed E-state index contributed by atoms with van der Waals surface area (Å²) >= 11 is 0. The maximum absolute atomic E-state index is 12.5. The first kappa shape index (κ1) is 19.5. The van der Waals surface area contributed by atoms with E-state index in [0.29, 0.717) is 17.4 Å². The summed E-state index contributed by atoms with van der Waals surface area (Å²) in [6.45, 7) is 6.22. The van der Waals surface area contributed by atoms with E-state index in [0.717, 1.165) is 54.5 Å². The van der Waals surface area contributed by atoms with Crippen LogP contribution in [0.15, 0.2) is 59.8 Å². The highest BCUT2D eigenvalue weighted by atomic mass is 16.1. The Morgan fingerprint density at radius 1 is 1.19 bits per heavy atom. The number of rotatable bonds is 4. The second-order valence-electron chi connectivity index (χ2n) is 8.72. The lowest BCUT2D eigenvalue weighted by molar-refractivity contribution is -0.345. The highest BCUT2D eigenvalue weighted by Crippen LogP contribution is 2.28. The molecule has 1 saturated heterocycles. The van der Waals surface area contributed by atoms with E-state index in [-0.39, 0.29) is 5.43 Å². The molecule has 2 atom stereocenters. The molecular weight excluding hydrogens is 386 g/mol. The number of hydrogen-bond donors (Lipinski definition) is 1. The van der Waals surface area contributed by atoms with Gasteiger partial charge in [-0.15, -0.1) is 0 Å². The first-order chi connectivity index (χ1) is 15.1. The molecule has 1 fully saturated rings. The van der Waals surface area contributed by atoms with Crippen LogP contribution in [0.25, 0.3) is 21.9 Å². The Morgan fingerprint density at radius 2 is 2.03 bits per heavy atom. The molecule has 156 valence electrons. The third-order valence-corrected chi connectivity index (χ3v) is 6.70. The van der Waals surface area contributed by atoms with Gasteiger partial charge in [-0.2, -0.15) is 5.26 Å². The first-order valence-corrected chi connectivity index (χ1v) is 10.8. The molecule has 1 aromatic carbocycles. The van der Waals surface area contributed by atoms with Crippen LogP contribution >= 0.6 is 0 Å². The van der Waals surface area contributed by atoms with Crippen molar-refractivity contribution in [1.82, 2.24) is 14.5 Å². The van der Waals surface area contributed by atoms with Crippen LogP contribution in [0.4, 0.5) is 0 Å². The Hall–Kier alpha value is -3.43. The fraction of sp³-hybridized carbons (Fsp3) is 0.320. The van der Waals surface area contributed by atoms with Gasteiger partial charge in [-0.3, -0.25) is 9.69 Å². The Morgan fingerprint density at radius 3 is 2.84 bits per heavy atom. The van der Waals surface area contributed by atoms with E-state index in [2.05, 4.69) is 44.6 Å². The first-order valence-electron chi connectivity index (χ1n) is 10.8. The summed E-state index contributed by atoms with van der Waals surface area (Å²) in [6, 6.07) is 13.8. The normalized spacial score (nSPS) is 19.6. The van der Waals surface area contributed by atoms with Gasteiger partial charge >= 0.3 is 0 Å². The van der Waals surface area contributed by atoms with E-state index in [1.807, 2.05) is 36.8 Å². The van der Waals surface area contributed by atoms with Gasteiger partial charge in [0.05, 0.1) is 34.1 Å². The van der Waals surface area contributed by atoms with Crippen molar-refractivity contribution in [3.8, 4) is 6.07 Å². The number of benzene rings is 1. The van der Waals surface area contributed by atoms with Crippen molar-refractivity contribution in [1.29, 1.82) is 5.26 Å². The van der Waals surface area contributed by atoms with Gasteiger partial charge in [-0.25, -0.2) is 9.97 Å². The number of hydrogen-bond acceptors (Lipinski definition) is 3. The van der Waals surface area contributed by atoms with Gasteiger partial charge in [0.15, 0.2) is 5.43 Å². The summed E-state index contributed by atoms with van der Waals surface area (Å²) in [5.41, 5.74) is 3.92. The summed E-state index contributed by atoms with van der Waals surface area (Å²) < 4.78 is 2.26. The largest absolute Gasteiger partial charge is 0.346 e. The fourth-order valence-corrected chi connectivity index (χ4v) is 4.82. The van der Waals surface area contributed by atoms with Crippen LogP contribution in [0.2, 0.25) is 0 Å². The summed E-state index contributed by atoms with van der Waals surface area (Å²) in [5.74, 6) is 1.11. The average molecular weight is 413 g/mol. The summed E-state index contributed by atoms with van der Waals surface area (Å²) in [7, 11) is 0. The molecule has 5 rings (SSSR count). The van der Waals surface area contributed by atoms with E-state index < -0.39 is 0 Å². The maximum atomic E-state index is 12.5. The number of nitriles is 1. The van der Waals surface area contributed by atoms with E-state index in [4.69, 9.17) is 5.26 Å². The van der Waals surface area contributed by atoms with E-state index in [1.165, 1.54) is 5.56 Å². The minimum absolute atomic E-state index is 0.0461. The van der Waals surface area contributed by atoms with Crippen molar-refractivity contribution in [3.05, 3.63) is 76.3 Å². The molecule has 6 nitrogen and oxygen atoms in total. The molecule has 0 radical (unpaired) electrons.